The molecular formula is C30H31FN4O6. The summed E-state index contributed by atoms with van der Waals surface area (Å²) in [6, 6.07) is 15.3. The summed E-state index contributed by atoms with van der Waals surface area (Å²) in [5, 5.41) is 20.2. The van der Waals surface area contributed by atoms with Gasteiger partial charge in [0.15, 0.2) is 0 Å². The predicted molar refractivity (Wildman–Crippen MR) is 149 cm³/mol. The standard InChI is InChI=1S/C30H31FN4O6/c1-39-27-4-3-5-28(40-2)24(27)15-32-29(36)23-13-18(6-8-25(23)31)22-10-11-35(30(37)38)16-20(22)17-41-21-7-9-26-19(12-21)14-33-34-26/h3-9,12-14,20,22H,10-11,15-17H2,1-2H3,(H,32,36)(H,33,34)(H,37,38)/t20-,22-/m0/s1. The van der Waals surface area contributed by atoms with E-state index in [-0.39, 0.29) is 37.1 Å². The van der Waals surface area contributed by atoms with E-state index < -0.39 is 17.8 Å². The average molecular weight is 563 g/mol. The van der Waals surface area contributed by atoms with Gasteiger partial charge < -0.3 is 29.5 Å². The van der Waals surface area contributed by atoms with Gasteiger partial charge in [-0.05, 0) is 60.4 Å². The largest absolute Gasteiger partial charge is 0.496 e. The average Bonchev–Trinajstić information content (AvgIpc) is 3.46. The third-order valence-electron chi connectivity index (χ3n) is 7.50. The zero-order chi connectivity index (χ0) is 28.9. The van der Waals surface area contributed by atoms with Crippen molar-refractivity contribution in [1.82, 2.24) is 20.4 Å². The number of carbonyl (C=O) groups is 2. The van der Waals surface area contributed by atoms with Gasteiger partial charge in [-0.2, -0.15) is 5.10 Å². The summed E-state index contributed by atoms with van der Waals surface area (Å²) in [5.74, 6) is 0.112. The molecule has 0 saturated carbocycles. The molecule has 1 saturated heterocycles. The Morgan fingerprint density at radius 3 is 2.63 bits per heavy atom. The molecule has 0 aliphatic carbocycles. The Balaban J connectivity index is 1.35. The van der Waals surface area contributed by atoms with Gasteiger partial charge in [0.2, 0.25) is 0 Å². The van der Waals surface area contributed by atoms with Gasteiger partial charge in [-0.15, -0.1) is 0 Å². The Bertz CT molecular complexity index is 1540. The first-order valence-corrected chi connectivity index (χ1v) is 13.2. The van der Waals surface area contributed by atoms with Gasteiger partial charge in [0.25, 0.3) is 5.91 Å². The topological polar surface area (TPSA) is 126 Å². The van der Waals surface area contributed by atoms with Crippen LogP contribution in [0.4, 0.5) is 9.18 Å². The third-order valence-corrected chi connectivity index (χ3v) is 7.50. The fourth-order valence-corrected chi connectivity index (χ4v) is 5.34. The number of amides is 2. The number of hydrogen-bond acceptors (Lipinski definition) is 6. The highest BCUT2D eigenvalue weighted by Gasteiger charge is 2.34. The van der Waals surface area contributed by atoms with Crippen molar-refractivity contribution in [3.63, 3.8) is 0 Å². The number of carbonyl (C=O) groups excluding carboxylic acids is 1. The Hall–Kier alpha value is -4.80. The van der Waals surface area contributed by atoms with Crippen molar-refractivity contribution >= 4 is 22.9 Å². The molecule has 2 atom stereocenters. The van der Waals surface area contributed by atoms with Gasteiger partial charge in [0, 0.05) is 24.4 Å². The molecule has 1 aromatic heterocycles. The van der Waals surface area contributed by atoms with Crippen LogP contribution < -0.4 is 19.5 Å². The van der Waals surface area contributed by atoms with Gasteiger partial charge >= 0.3 is 6.09 Å². The van der Waals surface area contributed by atoms with Crippen molar-refractivity contribution in [2.24, 2.45) is 5.92 Å². The Kier molecular flexibility index (Phi) is 8.23. The lowest BCUT2D eigenvalue weighted by Gasteiger charge is -2.37. The van der Waals surface area contributed by atoms with E-state index in [1.54, 1.807) is 36.5 Å². The van der Waals surface area contributed by atoms with E-state index in [1.807, 2.05) is 18.2 Å². The van der Waals surface area contributed by atoms with E-state index in [4.69, 9.17) is 14.2 Å². The van der Waals surface area contributed by atoms with Crippen molar-refractivity contribution in [3.8, 4) is 17.2 Å². The van der Waals surface area contributed by atoms with Gasteiger partial charge in [-0.3, -0.25) is 9.89 Å². The summed E-state index contributed by atoms with van der Waals surface area (Å²) in [7, 11) is 3.05. The molecule has 0 bridgehead atoms. The van der Waals surface area contributed by atoms with Crippen molar-refractivity contribution < 1.29 is 33.3 Å². The van der Waals surface area contributed by atoms with Gasteiger partial charge in [-0.25, -0.2) is 9.18 Å². The number of H-pyrrole nitrogens is 1. The van der Waals surface area contributed by atoms with Crippen LogP contribution >= 0.6 is 0 Å². The number of aromatic amines is 1. The molecular weight excluding hydrogens is 531 g/mol. The molecule has 3 aromatic carbocycles. The van der Waals surface area contributed by atoms with Crippen LogP contribution in [0.5, 0.6) is 17.2 Å². The molecule has 1 fully saturated rings. The number of nitrogens with one attached hydrogen (secondary N) is 2. The van der Waals surface area contributed by atoms with E-state index >= 15 is 0 Å². The summed E-state index contributed by atoms with van der Waals surface area (Å²) in [6.45, 7) is 0.888. The predicted octanol–water partition coefficient (Wildman–Crippen LogP) is 4.81. The number of fused-ring (bicyclic) bond motifs is 1. The third kappa shape index (κ3) is 6.03. The van der Waals surface area contributed by atoms with Gasteiger partial charge in [-0.1, -0.05) is 12.1 Å². The van der Waals surface area contributed by atoms with E-state index in [0.29, 0.717) is 35.8 Å². The van der Waals surface area contributed by atoms with Gasteiger partial charge in [0.1, 0.15) is 23.1 Å². The van der Waals surface area contributed by atoms with Crippen LogP contribution in [0.2, 0.25) is 0 Å². The summed E-state index contributed by atoms with van der Waals surface area (Å²) in [6.07, 6.45) is 1.21. The quantitative estimate of drug-likeness (QED) is 0.267. The number of aromatic nitrogens is 2. The number of benzene rings is 3. The summed E-state index contributed by atoms with van der Waals surface area (Å²) in [5.41, 5.74) is 2.16. The molecule has 1 aliphatic heterocycles. The molecule has 0 radical (unpaired) electrons. The van der Waals surface area contributed by atoms with Crippen molar-refractivity contribution in [1.29, 1.82) is 0 Å². The fourth-order valence-electron chi connectivity index (χ4n) is 5.34. The van der Waals surface area contributed by atoms with Crippen LogP contribution in [0.15, 0.2) is 60.8 Å². The maximum Gasteiger partial charge on any atom is 0.407 e. The number of halogens is 1. The van der Waals surface area contributed by atoms with E-state index in [0.717, 1.165) is 16.5 Å². The molecule has 0 unspecified atom stereocenters. The summed E-state index contributed by atoms with van der Waals surface area (Å²) >= 11 is 0. The number of hydrogen-bond donors (Lipinski definition) is 3. The highest BCUT2D eigenvalue weighted by Crippen LogP contribution is 2.35. The minimum atomic E-state index is -1.00. The summed E-state index contributed by atoms with van der Waals surface area (Å²) in [4.78, 5) is 26.3. The smallest absolute Gasteiger partial charge is 0.407 e. The van der Waals surface area contributed by atoms with Gasteiger partial charge in [0.05, 0.1) is 50.2 Å². The van der Waals surface area contributed by atoms with Crippen molar-refractivity contribution in [3.05, 3.63) is 83.3 Å². The molecule has 1 aliphatic rings. The second-order valence-corrected chi connectivity index (χ2v) is 9.88. The van der Waals surface area contributed by atoms with Crippen LogP contribution in [0.3, 0.4) is 0 Å². The Labute approximate surface area is 236 Å². The number of rotatable bonds is 9. The summed E-state index contributed by atoms with van der Waals surface area (Å²) < 4.78 is 31.8. The van der Waals surface area contributed by atoms with Crippen LogP contribution in [0.25, 0.3) is 10.9 Å². The number of nitrogens with zero attached hydrogens (tertiary/aromatic N) is 2. The van der Waals surface area contributed by atoms with Crippen LogP contribution in [0.1, 0.15) is 33.8 Å². The number of likely N-dealkylation sites (tertiary alicyclic amines) is 1. The first-order chi connectivity index (χ1) is 19.9. The minimum absolute atomic E-state index is 0.0736. The van der Waals surface area contributed by atoms with Crippen molar-refractivity contribution in [2.75, 3.05) is 33.9 Å². The van der Waals surface area contributed by atoms with E-state index in [2.05, 4.69) is 15.5 Å². The lowest BCUT2D eigenvalue weighted by Crippen LogP contribution is -2.44. The molecule has 2 heterocycles. The molecule has 0 spiro atoms. The van der Waals surface area contributed by atoms with Crippen LogP contribution in [0, 0.1) is 11.7 Å². The normalized spacial score (nSPS) is 16.8. The monoisotopic (exact) mass is 562 g/mol. The Morgan fingerprint density at radius 1 is 1.12 bits per heavy atom. The first kappa shape index (κ1) is 27.8. The molecule has 41 heavy (non-hydrogen) atoms. The number of methoxy groups -OCH3 is 2. The van der Waals surface area contributed by atoms with E-state index in [1.165, 1.54) is 25.2 Å². The lowest BCUT2D eigenvalue weighted by molar-refractivity contribution is 0.0937. The maximum atomic E-state index is 14.9. The zero-order valence-electron chi connectivity index (χ0n) is 22.7. The maximum absolute atomic E-state index is 14.9. The van der Waals surface area contributed by atoms with Crippen molar-refractivity contribution in [2.45, 2.75) is 18.9 Å². The molecule has 3 N–H and O–H groups in total. The molecule has 11 heteroatoms. The minimum Gasteiger partial charge on any atom is -0.496 e. The first-order valence-electron chi connectivity index (χ1n) is 13.2. The molecule has 10 nitrogen and oxygen atoms in total. The Morgan fingerprint density at radius 2 is 1.90 bits per heavy atom. The van der Waals surface area contributed by atoms with E-state index in [9.17, 15) is 19.1 Å². The fraction of sp³-hybridized carbons (Fsp3) is 0.300. The zero-order valence-corrected chi connectivity index (χ0v) is 22.7. The second kappa shape index (κ2) is 12.2. The molecule has 214 valence electrons. The molecule has 4 aromatic rings. The highest BCUT2D eigenvalue weighted by atomic mass is 19.1. The number of ether oxygens (including phenoxy) is 3. The highest BCUT2D eigenvalue weighted by molar-refractivity contribution is 5.94. The number of piperidine rings is 1. The molecule has 5 rings (SSSR count). The van der Waals surface area contributed by atoms with Crippen LogP contribution in [-0.2, 0) is 6.54 Å². The number of carboxylic acid groups (broad SMARTS) is 1. The van der Waals surface area contributed by atoms with Crippen LogP contribution in [-0.4, -0.2) is 66.1 Å². The molecule has 2 amide bonds. The lowest BCUT2D eigenvalue weighted by atomic mass is 9.80. The SMILES string of the molecule is COc1cccc(OC)c1CNC(=O)c1cc([C@@H]2CCN(C(=O)O)C[C@H]2COc2ccc3[nH]ncc3c2)ccc1F. The second-order valence-electron chi connectivity index (χ2n) is 9.88.